The highest BCUT2D eigenvalue weighted by molar-refractivity contribution is 6.31. The standard InChI is InChI=1S/C12H14ClFO/c1-3-11(15)8(2)7-9-5-4-6-10(14)12(9)13/h4-6,8H,3,7H2,1-2H3. The van der Waals surface area contributed by atoms with Crippen molar-refractivity contribution in [3.8, 4) is 0 Å². The molecular weight excluding hydrogens is 215 g/mol. The molecule has 3 heteroatoms. The van der Waals surface area contributed by atoms with Gasteiger partial charge in [-0.2, -0.15) is 0 Å². The zero-order valence-electron chi connectivity index (χ0n) is 8.89. The lowest BCUT2D eigenvalue weighted by atomic mass is 9.96. The van der Waals surface area contributed by atoms with Crippen LogP contribution in [0.3, 0.4) is 0 Å². The molecule has 0 aliphatic heterocycles. The summed E-state index contributed by atoms with van der Waals surface area (Å²) in [6.45, 7) is 3.67. The molecule has 0 N–H and O–H groups in total. The van der Waals surface area contributed by atoms with E-state index in [1.54, 1.807) is 12.1 Å². The Kier molecular flexibility index (Phi) is 4.28. The number of hydrogen-bond acceptors (Lipinski definition) is 1. The highest BCUT2D eigenvalue weighted by atomic mass is 35.5. The van der Waals surface area contributed by atoms with Crippen LogP contribution in [-0.4, -0.2) is 5.78 Å². The largest absolute Gasteiger partial charge is 0.299 e. The third-order valence-corrected chi connectivity index (χ3v) is 2.88. The Bertz CT molecular complexity index is 363. The lowest BCUT2D eigenvalue weighted by Gasteiger charge is -2.10. The Morgan fingerprint density at radius 2 is 2.20 bits per heavy atom. The molecule has 0 saturated carbocycles. The number of halogens is 2. The van der Waals surface area contributed by atoms with E-state index >= 15 is 0 Å². The normalized spacial score (nSPS) is 12.5. The summed E-state index contributed by atoms with van der Waals surface area (Å²) in [5.41, 5.74) is 0.700. The van der Waals surface area contributed by atoms with Crippen molar-refractivity contribution in [2.75, 3.05) is 0 Å². The van der Waals surface area contributed by atoms with Gasteiger partial charge in [0.15, 0.2) is 0 Å². The second-order valence-corrected chi connectivity index (χ2v) is 4.02. The first kappa shape index (κ1) is 12.2. The zero-order valence-corrected chi connectivity index (χ0v) is 9.64. The first-order valence-electron chi connectivity index (χ1n) is 5.01. The molecular formula is C12H14ClFO. The number of benzene rings is 1. The topological polar surface area (TPSA) is 17.1 Å². The molecule has 1 rings (SSSR count). The van der Waals surface area contributed by atoms with E-state index in [4.69, 9.17) is 11.6 Å². The van der Waals surface area contributed by atoms with Crippen LogP contribution >= 0.6 is 11.6 Å². The van der Waals surface area contributed by atoms with Gasteiger partial charge in [-0.15, -0.1) is 0 Å². The van der Waals surface area contributed by atoms with E-state index in [0.717, 1.165) is 0 Å². The van der Waals surface area contributed by atoms with Crippen molar-refractivity contribution in [3.05, 3.63) is 34.6 Å². The number of rotatable bonds is 4. The van der Waals surface area contributed by atoms with Gasteiger partial charge >= 0.3 is 0 Å². The molecule has 1 aromatic rings. The summed E-state index contributed by atoms with van der Waals surface area (Å²) < 4.78 is 13.1. The number of hydrogen-bond donors (Lipinski definition) is 0. The van der Waals surface area contributed by atoms with E-state index in [0.29, 0.717) is 18.4 Å². The molecule has 1 aromatic carbocycles. The molecule has 0 aliphatic rings. The molecule has 0 bridgehead atoms. The van der Waals surface area contributed by atoms with Crippen LogP contribution in [-0.2, 0) is 11.2 Å². The molecule has 0 saturated heterocycles. The Morgan fingerprint density at radius 3 is 2.80 bits per heavy atom. The summed E-state index contributed by atoms with van der Waals surface area (Å²) in [6, 6.07) is 4.68. The molecule has 0 aromatic heterocycles. The van der Waals surface area contributed by atoms with E-state index in [-0.39, 0.29) is 16.7 Å². The number of carbonyl (C=O) groups is 1. The Hall–Kier alpha value is -0.890. The van der Waals surface area contributed by atoms with Gasteiger partial charge in [-0.05, 0) is 18.1 Å². The predicted octanol–water partition coefficient (Wildman–Crippen LogP) is 3.64. The molecule has 15 heavy (non-hydrogen) atoms. The SMILES string of the molecule is CCC(=O)C(C)Cc1cccc(F)c1Cl. The minimum absolute atomic E-state index is 0.103. The van der Waals surface area contributed by atoms with Crippen LogP contribution in [0.2, 0.25) is 5.02 Å². The summed E-state index contributed by atoms with van der Waals surface area (Å²) in [5.74, 6) is -0.352. The van der Waals surface area contributed by atoms with Gasteiger partial charge in [0.25, 0.3) is 0 Å². The average Bonchev–Trinajstić information content (AvgIpc) is 2.23. The van der Waals surface area contributed by atoms with Crippen molar-refractivity contribution >= 4 is 17.4 Å². The molecule has 1 unspecified atom stereocenters. The van der Waals surface area contributed by atoms with Gasteiger partial charge in [0.05, 0.1) is 5.02 Å². The smallest absolute Gasteiger partial charge is 0.142 e. The molecule has 1 nitrogen and oxygen atoms in total. The fourth-order valence-electron chi connectivity index (χ4n) is 1.50. The fraction of sp³-hybridized carbons (Fsp3) is 0.417. The van der Waals surface area contributed by atoms with Crippen molar-refractivity contribution in [2.24, 2.45) is 5.92 Å². The lowest BCUT2D eigenvalue weighted by molar-refractivity contribution is -0.122. The van der Waals surface area contributed by atoms with Crippen LogP contribution in [0.1, 0.15) is 25.8 Å². The average molecular weight is 229 g/mol. The van der Waals surface area contributed by atoms with Crippen LogP contribution in [0.5, 0.6) is 0 Å². The maximum atomic E-state index is 13.1. The highest BCUT2D eigenvalue weighted by Gasteiger charge is 2.14. The predicted molar refractivity (Wildman–Crippen MR) is 59.6 cm³/mol. The van der Waals surface area contributed by atoms with Gasteiger partial charge in [-0.1, -0.05) is 37.6 Å². The first-order chi connectivity index (χ1) is 7.06. The molecule has 0 amide bonds. The summed E-state index contributed by atoms with van der Waals surface area (Å²) in [4.78, 5) is 11.4. The Labute approximate surface area is 94.3 Å². The van der Waals surface area contributed by atoms with Crippen molar-refractivity contribution in [2.45, 2.75) is 26.7 Å². The van der Waals surface area contributed by atoms with Gasteiger partial charge in [0, 0.05) is 12.3 Å². The first-order valence-corrected chi connectivity index (χ1v) is 5.39. The van der Waals surface area contributed by atoms with Crippen LogP contribution in [0.4, 0.5) is 4.39 Å². The quantitative estimate of drug-likeness (QED) is 0.769. The van der Waals surface area contributed by atoms with E-state index < -0.39 is 5.82 Å². The summed E-state index contributed by atoms with van der Waals surface area (Å²) >= 11 is 5.80. The van der Waals surface area contributed by atoms with Gasteiger partial charge in [0.2, 0.25) is 0 Å². The maximum absolute atomic E-state index is 13.1. The van der Waals surface area contributed by atoms with Gasteiger partial charge in [-0.3, -0.25) is 4.79 Å². The van der Waals surface area contributed by atoms with E-state index in [1.807, 2.05) is 13.8 Å². The van der Waals surface area contributed by atoms with Crippen molar-refractivity contribution in [3.63, 3.8) is 0 Å². The third-order valence-electron chi connectivity index (χ3n) is 2.46. The van der Waals surface area contributed by atoms with Gasteiger partial charge in [-0.25, -0.2) is 4.39 Å². The molecule has 0 heterocycles. The zero-order chi connectivity index (χ0) is 11.4. The minimum Gasteiger partial charge on any atom is -0.299 e. The molecule has 82 valence electrons. The monoisotopic (exact) mass is 228 g/mol. The van der Waals surface area contributed by atoms with Crippen molar-refractivity contribution in [1.29, 1.82) is 0 Å². The second-order valence-electron chi connectivity index (χ2n) is 3.64. The maximum Gasteiger partial charge on any atom is 0.142 e. The van der Waals surface area contributed by atoms with Crippen LogP contribution in [0.15, 0.2) is 18.2 Å². The molecule has 1 atom stereocenters. The van der Waals surface area contributed by atoms with Crippen molar-refractivity contribution in [1.82, 2.24) is 0 Å². The number of Topliss-reactive ketones (excluding diaryl/α,β-unsaturated/α-hetero) is 1. The lowest BCUT2D eigenvalue weighted by Crippen LogP contribution is -2.12. The highest BCUT2D eigenvalue weighted by Crippen LogP contribution is 2.22. The third kappa shape index (κ3) is 3.03. The molecule has 0 fully saturated rings. The van der Waals surface area contributed by atoms with E-state index in [9.17, 15) is 9.18 Å². The molecule has 0 radical (unpaired) electrons. The number of ketones is 1. The van der Waals surface area contributed by atoms with Crippen LogP contribution < -0.4 is 0 Å². The van der Waals surface area contributed by atoms with Gasteiger partial charge in [0.1, 0.15) is 11.6 Å². The Balaban J connectivity index is 2.81. The van der Waals surface area contributed by atoms with E-state index in [2.05, 4.69) is 0 Å². The summed E-state index contributed by atoms with van der Waals surface area (Å²) in [6.07, 6.45) is 1.01. The van der Waals surface area contributed by atoms with Crippen LogP contribution in [0.25, 0.3) is 0 Å². The fourth-order valence-corrected chi connectivity index (χ4v) is 1.70. The molecule has 0 aliphatic carbocycles. The molecule has 0 spiro atoms. The van der Waals surface area contributed by atoms with Crippen molar-refractivity contribution < 1.29 is 9.18 Å². The minimum atomic E-state index is -0.426. The number of carbonyl (C=O) groups excluding carboxylic acids is 1. The Morgan fingerprint density at radius 1 is 1.53 bits per heavy atom. The van der Waals surface area contributed by atoms with Gasteiger partial charge < -0.3 is 0 Å². The second kappa shape index (κ2) is 5.26. The summed E-state index contributed by atoms with van der Waals surface area (Å²) in [7, 11) is 0. The summed E-state index contributed by atoms with van der Waals surface area (Å²) in [5, 5.41) is 0.133. The van der Waals surface area contributed by atoms with Crippen LogP contribution in [0, 0.1) is 11.7 Å². The van der Waals surface area contributed by atoms with E-state index in [1.165, 1.54) is 6.07 Å².